The third-order valence-electron chi connectivity index (χ3n) is 4.00. The van der Waals surface area contributed by atoms with Crippen molar-refractivity contribution in [2.75, 3.05) is 18.4 Å². The lowest BCUT2D eigenvalue weighted by molar-refractivity contribution is 0.413. The molecule has 0 aromatic heterocycles. The van der Waals surface area contributed by atoms with Gasteiger partial charge in [-0.05, 0) is 42.2 Å². The second-order valence-electron chi connectivity index (χ2n) is 5.43. The lowest BCUT2D eigenvalue weighted by atomic mass is 10.0. The molecule has 2 aromatic rings. The summed E-state index contributed by atoms with van der Waals surface area (Å²) in [7, 11) is 1.55. The van der Waals surface area contributed by atoms with Gasteiger partial charge in [0, 0.05) is 11.3 Å². The third kappa shape index (κ3) is 3.03. The lowest BCUT2D eigenvalue weighted by Gasteiger charge is -2.24. The molecule has 0 saturated heterocycles. The van der Waals surface area contributed by atoms with Gasteiger partial charge < -0.3 is 10.5 Å². The van der Waals surface area contributed by atoms with E-state index in [2.05, 4.69) is 41.7 Å². The number of rotatable bonds is 4. The third-order valence-corrected chi connectivity index (χ3v) is 4.75. The monoisotopic (exact) mass is 338 g/mol. The Hall–Kier alpha value is -2.65. The second-order valence-corrected chi connectivity index (χ2v) is 6.31. The van der Waals surface area contributed by atoms with Crippen LogP contribution in [0.5, 0.6) is 5.75 Å². The van der Waals surface area contributed by atoms with Crippen LogP contribution in [0.4, 0.5) is 5.69 Å². The average Bonchev–Trinajstić information content (AvgIpc) is 3.03. The Morgan fingerprint density at radius 2 is 2.04 bits per heavy atom. The molecule has 0 aliphatic carbocycles. The quantitative estimate of drug-likeness (QED) is 0.864. The number of benzene rings is 2. The first-order valence-corrected chi connectivity index (χ1v) is 8.73. The molecule has 0 saturated carbocycles. The van der Waals surface area contributed by atoms with Gasteiger partial charge in [0.05, 0.1) is 24.4 Å². The van der Waals surface area contributed by atoms with E-state index in [1.54, 1.807) is 31.0 Å². The Morgan fingerprint density at radius 3 is 2.67 bits per heavy atom. The summed E-state index contributed by atoms with van der Waals surface area (Å²) in [5.41, 5.74) is 8.44. The van der Waals surface area contributed by atoms with Crippen LogP contribution in [0, 0.1) is 11.3 Å². The zero-order valence-electron chi connectivity index (χ0n) is 13.6. The van der Waals surface area contributed by atoms with Crippen molar-refractivity contribution < 1.29 is 4.74 Å². The maximum atomic E-state index is 9.30. The van der Waals surface area contributed by atoms with Crippen molar-refractivity contribution in [2.24, 2.45) is 10.8 Å². The van der Waals surface area contributed by atoms with Gasteiger partial charge in [0.2, 0.25) is 0 Å². The molecule has 0 fully saturated rings. The molecular formula is C18H18N4OS. The molecule has 1 aliphatic heterocycles. The summed E-state index contributed by atoms with van der Waals surface area (Å²) in [6.07, 6.45) is 2.71. The number of hydrogen-bond donors (Lipinski definition) is 1. The minimum Gasteiger partial charge on any atom is -0.495 e. The number of methoxy groups -OCH3 is 1. The molecule has 1 unspecified atom stereocenters. The van der Waals surface area contributed by atoms with Crippen molar-refractivity contribution in [2.45, 2.75) is 17.4 Å². The summed E-state index contributed by atoms with van der Waals surface area (Å²) in [5, 5.41) is 15.6. The SMILES string of the molecule is COc1ccc(N2N=C(N)CC2c2ccc(SC)cc2)cc1C#N. The van der Waals surface area contributed by atoms with Crippen LogP contribution >= 0.6 is 11.8 Å². The molecule has 2 aromatic carbocycles. The topological polar surface area (TPSA) is 74.6 Å². The van der Waals surface area contributed by atoms with E-state index in [1.165, 1.54) is 4.90 Å². The Kier molecular flexibility index (Phi) is 4.63. The molecule has 1 heterocycles. The first-order chi connectivity index (χ1) is 11.7. The molecule has 24 heavy (non-hydrogen) atoms. The standard InChI is InChI=1S/C18H18N4OS/c1-23-17-8-5-14(9-13(17)11-19)22-16(10-18(20)21-22)12-3-6-15(24-2)7-4-12/h3-9,16H,10H2,1-2H3,(H2,20,21). The molecule has 5 nitrogen and oxygen atoms in total. The molecular weight excluding hydrogens is 320 g/mol. The lowest BCUT2D eigenvalue weighted by Crippen LogP contribution is -2.18. The van der Waals surface area contributed by atoms with Crippen molar-refractivity contribution in [3.63, 3.8) is 0 Å². The fourth-order valence-electron chi connectivity index (χ4n) is 2.78. The first-order valence-electron chi connectivity index (χ1n) is 7.50. The predicted octanol–water partition coefficient (Wildman–Crippen LogP) is 3.51. The van der Waals surface area contributed by atoms with Crippen LogP contribution in [-0.4, -0.2) is 19.2 Å². The molecule has 1 atom stereocenters. The highest BCUT2D eigenvalue weighted by atomic mass is 32.2. The van der Waals surface area contributed by atoms with Crippen molar-refractivity contribution in [1.82, 2.24) is 0 Å². The van der Waals surface area contributed by atoms with E-state index in [0.717, 1.165) is 11.3 Å². The van der Waals surface area contributed by atoms with Gasteiger partial charge >= 0.3 is 0 Å². The van der Waals surface area contributed by atoms with Crippen LogP contribution in [0.3, 0.4) is 0 Å². The zero-order chi connectivity index (χ0) is 17.1. The fourth-order valence-corrected chi connectivity index (χ4v) is 3.19. The fraction of sp³-hybridized carbons (Fsp3) is 0.222. The number of nitrogens with two attached hydrogens (primary N) is 1. The largest absolute Gasteiger partial charge is 0.495 e. The summed E-state index contributed by atoms with van der Waals surface area (Å²) in [6.45, 7) is 0. The van der Waals surface area contributed by atoms with Crippen molar-refractivity contribution in [3.8, 4) is 11.8 Å². The van der Waals surface area contributed by atoms with Gasteiger partial charge in [-0.3, -0.25) is 5.01 Å². The van der Waals surface area contributed by atoms with Gasteiger partial charge in [0.25, 0.3) is 0 Å². The average molecular weight is 338 g/mol. The summed E-state index contributed by atoms with van der Waals surface area (Å²) in [6, 6.07) is 16.0. The number of ether oxygens (including phenoxy) is 1. The number of hydrogen-bond acceptors (Lipinski definition) is 6. The van der Waals surface area contributed by atoms with Gasteiger partial charge in [-0.1, -0.05) is 12.1 Å². The Morgan fingerprint density at radius 1 is 1.29 bits per heavy atom. The molecule has 0 bridgehead atoms. The van der Waals surface area contributed by atoms with Gasteiger partial charge in [-0.25, -0.2) is 0 Å². The first kappa shape index (κ1) is 16.2. The number of thioether (sulfide) groups is 1. The Balaban J connectivity index is 1.96. The molecule has 0 spiro atoms. The van der Waals surface area contributed by atoms with E-state index in [9.17, 15) is 5.26 Å². The molecule has 2 N–H and O–H groups in total. The molecule has 6 heteroatoms. The molecule has 0 radical (unpaired) electrons. The Bertz CT molecular complexity index is 811. The molecule has 0 amide bonds. The number of nitriles is 1. The summed E-state index contributed by atoms with van der Waals surface area (Å²) in [4.78, 5) is 1.22. The van der Waals surface area contributed by atoms with E-state index < -0.39 is 0 Å². The number of hydrazone groups is 1. The minimum atomic E-state index is 0.0286. The van der Waals surface area contributed by atoms with Crippen molar-refractivity contribution in [1.29, 1.82) is 5.26 Å². The maximum absolute atomic E-state index is 9.30. The van der Waals surface area contributed by atoms with E-state index in [4.69, 9.17) is 10.5 Å². The number of anilines is 1. The number of nitrogens with zero attached hydrogens (tertiary/aromatic N) is 3. The van der Waals surface area contributed by atoms with E-state index in [-0.39, 0.29) is 6.04 Å². The summed E-state index contributed by atoms with van der Waals surface area (Å²) in [5.74, 6) is 1.14. The maximum Gasteiger partial charge on any atom is 0.136 e. The van der Waals surface area contributed by atoms with Crippen molar-refractivity contribution >= 4 is 23.3 Å². The van der Waals surface area contributed by atoms with E-state index in [1.807, 2.05) is 11.1 Å². The van der Waals surface area contributed by atoms with Gasteiger partial charge in [-0.2, -0.15) is 10.4 Å². The predicted molar refractivity (Wildman–Crippen MR) is 97.4 cm³/mol. The van der Waals surface area contributed by atoms with E-state index >= 15 is 0 Å². The minimum absolute atomic E-state index is 0.0286. The molecule has 122 valence electrons. The van der Waals surface area contributed by atoms with Gasteiger partial charge in [0.15, 0.2) is 0 Å². The molecule has 1 aliphatic rings. The summed E-state index contributed by atoms with van der Waals surface area (Å²) < 4.78 is 5.21. The van der Waals surface area contributed by atoms with E-state index in [0.29, 0.717) is 23.6 Å². The highest BCUT2D eigenvalue weighted by Crippen LogP contribution is 2.36. The van der Waals surface area contributed by atoms with Crippen LogP contribution < -0.4 is 15.5 Å². The Labute approximate surface area is 145 Å². The summed E-state index contributed by atoms with van der Waals surface area (Å²) >= 11 is 1.71. The highest BCUT2D eigenvalue weighted by Gasteiger charge is 2.28. The smallest absolute Gasteiger partial charge is 0.136 e. The van der Waals surface area contributed by atoms with Crippen LogP contribution in [0.15, 0.2) is 52.5 Å². The van der Waals surface area contributed by atoms with Crippen molar-refractivity contribution in [3.05, 3.63) is 53.6 Å². The van der Waals surface area contributed by atoms with Crippen LogP contribution in [-0.2, 0) is 0 Å². The zero-order valence-corrected chi connectivity index (χ0v) is 14.4. The van der Waals surface area contributed by atoms with Crippen LogP contribution in [0.25, 0.3) is 0 Å². The normalized spacial score (nSPS) is 16.6. The highest BCUT2D eigenvalue weighted by molar-refractivity contribution is 7.98. The number of amidine groups is 1. The van der Waals surface area contributed by atoms with Gasteiger partial charge in [-0.15, -0.1) is 11.8 Å². The van der Waals surface area contributed by atoms with Crippen LogP contribution in [0.2, 0.25) is 0 Å². The van der Waals surface area contributed by atoms with Crippen LogP contribution in [0.1, 0.15) is 23.6 Å². The molecule has 3 rings (SSSR count). The second kappa shape index (κ2) is 6.85. The van der Waals surface area contributed by atoms with Gasteiger partial charge in [0.1, 0.15) is 17.7 Å².